The summed E-state index contributed by atoms with van der Waals surface area (Å²) in [5, 5.41) is 11.5. The van der Waals surface area contributed by atoms with Crippen molar-refractivity contribution in [2.24, 2.45) is 11.8 Å². The van der Waals surface area contributed by atoms with Crippen LogP contribution in [0.15, 0.2) is 24.4 Å². The van der Waals surface area contributed by atoms with Crippen molar-refractivity contribution in [1.29, 1.82) is 0 Å². The van der Waals surface area contributed by atoms with Crippen molar-refractivity contribution in [2.45, 2.75) is 78.1 Å². The molecular weight excluding hydrogens is 546 g/mol. The first-order chi connectivity index (χ1) is 19.3. The first-order valence-corrected chi connectivity index (χ1v) is 13.9. The molecule has 2 aliphatic rings. The van der Waals surface area contributed by atoms with E-state index in [1.54, 1.807) is 18.9 Å². The van der Waals surface area contributed by atoms with Crippen molar-refractivity contribution < 1.29 is 41.8 Å². The Hall–Kier alpha value is -3.25. The molecule has 0 radical (unpaired) electrons. The van der Waals surface area contributed by atoms with Crippen LogP contribution in [0.1, 0.15) is 80.8 Å². The summed E-state index contributed by atoms with van der Waals surface area (Å²) >= 11 is 0. The van der Waals surface area contributed by atoms with Gasteiger partial charge in [0.15, 0.2) is 11.6 Å². The number of halogens is 4. The first-order valence-electron chi connectivity index (χ1n) is 13.9. The average molecular weight is 582 g/mol. The molecule has 2 aromatic rings. The highest BCUT2D eigenvalue weighted by atomic mass is 19.4. The molecule has 1 N–H and O–H groups in total. The Labute approximate surface area is 236 Å². The molecule has 1 saturated carbocycles. The zero-order chi connectivity index (χ0) is 29.9. The Balaban J connectivity index is 1.66. The number of carbonyl (C=O) groups is 2. The minimum Gasteiger partial charge on any atom is -0.478 e. The summed E-state index contributed by atoms with van der Waals surface area (Å²) in [5.74, 6) is -4.44. The van der Waals surface area contributed by atoms with Crippen molar-refractivity contribution in [3.05, 3.63) is 46.9 Å². The van der Waals surface area contributed by atoms with Crippen molar-refractivity contribution in [1.82, 2.24) is 10.0 Å². The predicted molar refractivity (Wildman–Crippen MR) is 142 cm³/mol. The van der Waals surface area contributed by atoms with E-state index in [0.717, 1.165) is 43.9 Å². The molecule has 1 aliphatic carbocycles. The van der Waals surface area contributed by atoms with Gasteiger partial charge in [0.1, 0.15) is 5.56 Å². The fourth-order valence-electron chi connectivity index (χ4n) is 5.29. The van der Waals surface area contributed by atoms with E-state index in [-0.39, 0.29) is 29.6 Å². The number of rotatable bonds is 8. The van der Waals surface area contributed by atoms with Crippen molar-refractivity contribution in [3.8, 4) is 11.6 Å². The van der Waals surface area contributed by atoms with Gasteiger partial charge in [0.25, 0.3) is 0 Å². The van der Waals surface area contributed by atoms with Crippen LogP contribution in [0.25, 0.3) is 0 Å². The zero-order valence-corrected chi connectivity index (χ0v) is 23.3. The first kappa shape index (κ1) is 30.7. The lowest BCUT2D eigenvalue weighted by atomic mass is 9.82. The van der Waals surface area contributed by atoms with Gasteiger partial charge < -0.3 is 14.7 Å². The number of ether oxygens (including phenoxy) is 1. The van der Waals surface area contributed by atoms with Crippen LogP contribution in [-0.2, 0) is 22.4 Å². The second kappa shape index (κ2) is 12.7. The van der Waals surface area contributed by atoms with Crippen molar-refractivity contribution >= 4 is 17.6 Å². The molecule has 2 fully saturated rings. The largest absolute Gasteiger partial charge is 0.478 e. The molecule has 1 amide bonds. The Bertz CT molecular complexity index is 1260. The molecule has 2 heterocycles. The van der Waals surface area contributed by atoms with Crippen LogP contribution in [-0.4, -0.2) is 46.2 Å². The molecule has 0 atom stereocenters. The van der Waals surface area contributed by atoms with Crippen molar-refractivity contribution in [3.63, 3.8) is 0 Å². The Morgan fingerprint density at radius 3 is 2.46 bits per heavy atom. The molecule has 1 aromatic carbocycles. The molecule has 1 saturated heterocycles. The number of benzene rings is 1. The van der Waals surface area contributed by atoms with Gasteiger partial charge in [-0.15, -0.1) is 0 Å². The normalized spacial score (nSPS) is 20.2. The molecule has 41 heavy (non-hydrogen) atoms. The molecule has 1 aromatic heterocycles. The molecule has 0 unspecified atom stereocenters. The number of hydrogen-bond donors (Lipinski definition) is 1. The summed E-state index contributed by atoms with van der Waals surface area (Å²) in [6, 6.07) is 1.99. The molecule has 1 aliphatic heterocycles. The summed E-state index contributed by atoms with van der Waals surface area (Å²) in [7, 11) is 0. The third kappa shape index (κ3) is 7.34. The molecule has 0 spiro atoms. The van der Waals surface area contributed by atoms with E-state index >= 15 is 4.39 Å². The summed E-state index contributed by atoms with van der Waals surface area (Å²) in [6.45, 7) is 6.59. The van der Waals surface area contributed by atoms with Crippen LogP contribution < -0.4 is 9.64 Å². The van der Waals surface area contributed by atoms with Gasteiger partial charge in [0, 0.05) is 36.8 Å². The van der Waals surface area contributed by atoms with Gasteiger partial charge in [0.2, 0.25) is 11.8 Å². The Morgan fingerprint density at radius 1 is 1.17 bits per heavy atom. The second-order valence-electron chi connectivity index (χ2n) is 11.1. The Morgan fingerprint density at radius 2 is 1.88 bits per heavy atom. The van der Waals surface area contributed by atoms with Crippen LogP contribution in [0.2, 0.25) is 0 Å². The lowest BCUT2D eigenvalue weighted by Gasteiger charge is -2.34. The number of hydroxylamine groups is 2. The van der Waals surface area contributed by atoms with Crippen molar-refractivity contribution in [2.75, 3.05) is 18.1 Å². The molecule has 0 bridgehead atoms. The number of carboxylic acids is 1. The fraction of sp³-hybridized carbons (Fsp3) is 0.552. The van der Waals surface area contributed by atoms with Crippen LogP contribution in [0.5, 0.6) is 11.6 Å². The van der Waals surface area contributed by atoms with Crippen LogP contribution in [0.4, 0.5) is 23.2 Å². The van der Waals surface area contributed by atoms with E-state index in [4.69, 9.17) is 9.57 Å². The van der Waals surface area contributed by atoms with Crippen LogP contribution in [0.3, 0.4) is 0 Å². The minimum absolute atomic E-state index is 0.0710. The summed E-state index contributed by atoms with van der Waals surface area (Å²) in [6.07, 6.45) is 0.995. The van der Waals surface area contributed by atoms with Gasteiger partial charge in [-0.1, -0.05) is 6.92 Å². The highest BCUT2D eigenvalue weighted by molar-refractivity contribution is 6.03. The number of pyridine rings is 1. The second-order valence-corrected chi connectivity index (χ2v) is 11.1. The van der Waals surface area contributed by atoms with Gasteiger partial charge in [-0.3, -0.25) is 9.63 Å². The SMILES string of the molecule is CC1CCC(C(=O)N(c2cc(F)c(Oc3ncc(CN4CCCCO4)cc3C(F)(F)F)cc2C(=O)O)C(C)C)CC1. The number of carbonyl (C=O) groups excluding carboxylic acids is 1. The number of alkyl halides is 3. The topological polar surface area (TPSA) is 92.2 Å². The smallest absolute Gasteiger partial charge is 0.421 e. The number of carboxylic acid groups (broad SMARTS) is 1. The third-order valence-electron chi connectivity index (χ3n) is 7.51. The standard InChI is InChI=1S/C29H35F4N3O5/c1-17(2)36(27(37)20-8-6-18(3)7-9-20)24-14-23(30)25(13-21(24)28(38)39)41-26-22(29(31,32)33)12-19(15-34-26)16-35-10-4-5-11-40-35/h12-15,17-18,20H,4-11,16H2,1-3H3,(H,38,39). The summed E-state index contributed by atoms with van der Waals surface area (Å²) in [5.41, 5.74) is -1.67. The number of hydrogen-bond acceptors (Lipinski definition) is 6. The van der Waals surface area contributed by atoms with E-state index in [2.05, 4.69) is 11.9 Å². The molecular formula is C29H35F4N3O5. The predicted octanol–water partition coefficient (Wildman–Crippen LogP) is 6.83. The van der Waals surface area contributed by atoms with E-state index in [9.17, 15) is 27.9 Å². The molecule has 224 valence electrons. The van der Waals surface area contributed by atoms with Gasteiger partial charge in [0.05, 0.1) is 24.4 Å². The number of amides is 1. The Kier molecular flexibility index (Phi) is 9.53. The molecule has 4 rings (SSSR count). The summed E-state index contributed by atoms with van der Waals surface area (Å²) in [4.78, 5) is 36.2. The maximum Gasteiger partial charge on any atom is 0.421 e. The van der Waals surface area contributed by atoms with Crippen LogP contribution in [0, 0.1) is 17.7 Å². The van der Waals surface area contributed by atoms with E-state index in [1.165, 1.54) is 11.1 Å². The van der Waals surface area contributed by atoms with E-state index < -0.39 is 46.8 Å². The number of aromatic nitrogens is 1. The lowest BCUT2D eigenvalue weighted by Crippen LogP contribution is -2.43. The number of nitrogens with zero attached hydrogens (tertiary/aromatic N) is 3. The minimum atomic E-state index is -4.88. The maximum atomic E-state index is 15.4. The van der Waals surface area contributed by atoms with Gasteiger partial charge in [-0.25, -0.2) is 14.2 Å². The highest BCUT2D eigenvalue weighted by Crippen LogP contribution is 2.40. The quantitative estimate of drug-likeness (QED) is 0.342. The van der Waals surface area contributed by atoms with E-state index in [0.29, 0.717) is 31.9 Å². The lowest BCUT2D eigenvalue weighted by molar-refractivity contribution is -0.187. The zero-order valence-electron chi connectivity index (χ0n) is 23.3. The van der Waals surface area contributed by atoms with E-state index in [1.807, 2.05) is 0 Å². The summed E-state index contributed by atoms with van der Waals surface area (Å²) < 4.78 is 62.6. The fourth-order valence-corrected chi connectivity index (χ4v) is 5.29. The monoisotopic (exact) mass is 581 g/mol. The third-order valence-corrected chi connectivity index (χ3v) is 7.51. The van der Waals surface area contributed by atoms with Gasteiger partial charge in [-0.05, 0) is 69.9 Å². The molecule has 8 nitrogen and oxygen atoms in total. The van der Waals surface area contributed by atoms with Crippen LogP contribution >= 0.6 is 0 Å². The molecule has 12 heteroatoms. The maximum absolute atomic E-state index is 15.4. The van der Waals surface area contributed by atoms with Gasteiger partial charge >= 0.3 is 12.1 Å². The number of anilines is 1. The highest BCUT2D eigenvalue weighted by Gasteiger charge is 2.37. The number of aromatic carboxylic acids is 1. The average Bonchev–Trinajstić information content (AvgIpc) is 2.91. The van der Waals surface area contributed by atoms with Gasteiger partial charge in [-0.2, -0.15) is 18.2 Å².